The lowest BCUT2D eigenvalue weighted by Gasteiger charge is -2.14. The summed E-state index contributed by atoms with van der Waals surface area (Å²) in [5, 5.41) is 3.07. The quantitative estimate of drug-likeness (QED) is 0.386. The molecule has 0 amide bonds. The largest absolute Gasteiger partial charge is 0.503 e. The van der Waals surface area contributed by atoms with Crippen molar-refractivity contribution in [2.45, 2.75) is 20.5 Å². The molecule has 5 nitrogen and oxygen atoms in total. The third-order valence-electron chi connectivity index (χ3n) is 3.98. The normalized spacial score (nSPS) is 11.3. The van der Waals surface area contributed by atoms with Crippen molar-refractivity contribution in [1.82, 2.24) is 0 Å². The molecule has 28 heavy (non-hydrogen) atoms. The first-order chi connectivity index (χ1) is 13.5. The van der Waals surface area contributed by atoms with Crippen LogP contribution in [0, 0.1) is 11.7 Å². The smallest absolute Gasteiger partial charge is 0.341 e. The number of anilines is 1. The molecular weight excluding hydrogens is 361 g/mol. The van der Waals surface area contributed by atoms with Crippen LogP contribution >= 0.6 is 0 Å². The van der Waals surface area contributed by atoms with E-state index in [1.54, 1.807) is 24.3 Å². The van der Waals surface area contributed by atoms with Crippen molar-refractivity contribution >= 4 is 17.2 Å². The number of carbonyl (C=O) groups excluding carboxylic acids is 1. The van der Waals surface area contributed by atoms with Gasteiger partial charge in [-0.2, -0.15) is 0 Å². The minimum atomic E-state index is -0.513. The van der Waals surface area contributed by atoms with Gasteiger partial charge in [0.2, 0.25) is 0 Å². The van der Waals surface area contributed by atoms with E-state index in [1.807, 2.05) is 12.1 Å². The molecule has 0 aromatic heterocycles. The summed E-state index contributed by atoms with van der Waals surface area (Å²) >= 11 is 0. The van der Waals surface area contributed by atoms with Crippen LogP contribution in [0.15, 0.2) is 48.7 Å². The van der Waals surface area contributed by atoms with Crippen molar-refractivity contribution in [3.8, 4) is 5.75 Å². The fourth-order valence-corrected chi connectivity index (χ4v) is 2.56. The zero-order valence-corrected chi connectivity index (χ0v) is 16.6. The predicted octanol–water partition coefficient (Wildman–Crippen LogP) is 4.63. The standard InChI is InChI=1S/C22H26FNO4/c1-15(2)12-24-21-10-9-17(11-20(21)23)28-13-16-7-5-6-8-18(16)19(14-26-3)22(25)27-4/h5-11,14-15,24H,12-13H2,1-4H3/b19-14+. The Balaban J connectivity index is 2.16. The molecule has 0 bridgehead atoms. The Morgan fingerprint density at radius 3 is 2.57 bits per heavy atom. The number of carbonyl (C=O) groups is 1. The minimum absolute atomic E-state index is 0.159. The first-order valence-corrected chi connectivity index (χ1v) is 9.02. The molecule has 150 valence electrons. The molecule has 2 rings (SSSR count). The molecule has 2 aromatic rings. The maximum atomic E-state index is 14.3. The molecule has 1 N–H and O–H groups in total. The van der Waals surface area contributed by atoms with E-state index in [0.29, 0.717) is 29.5 Å². The van der Waals surface area contributed by atoms with Gasteiger partial charge < -0.3 is 19.5 Å². The van der Waals surface area contributed by atoms with Crippen LogP contribution in [0.1, 0.15) is 25.0 Å². The van der Waals surface area contributed by atoms with Gasteiger partial charge in [-0.15, -0.1) is 0 Å². The van der Waals surface area contributed by atoms with Crippen LogP contribution in [0.4, 0.5) is 10.1 Å². The van der Waals surface area contributed by atoms with Crippen LogP contribution in [0.5, 0.6) is 5.75 Å². The van der Waals surface area contributed by atoms with Crippen molar-refractivity contribution in [3.63, 3.8) is 0 Å². The number of benzene rings is 2. The number of esters is 1. The molecule has 2 aromatic carbocycles. The summed E-state index contributed by atoms with van der Waals surface area (Å²) in [6, 6.07) is 12.0. The molecule has 6 heteroatoms. The van der Waals surface area contributed by atoms with E-state index in [9.17, 15) is 9.18 Å². The third-order valence-corrected chi connectivity index (χ3v) is 3.98. The van der Waals surface area contributed by atoms with Crippen LogP contribution in [-0.2, 0) is 20.9 Å². The summed E-state index contributed by atoms with van der Waals surface area (Å²) in [6.45, 7) is 4.96. The Morgan fingerprint density at radius 1 is 1.18 bits per heavy atom. The summed E-state index contributed by atoms with van der Waals surface area (Å²) in [5.74, 6) is -0.0735. The van der Waals surface area contributed by atoms with Gasteiger partial charge in [0.1, 0.15) is 23.7 Å². The summed E-state index contributed by atoms with van der Waals surface area (Å²) in [6.07, 6.45) is 1.33. The number of methoxy groups -OCH3 is 2. The summed E-state index contributed by atoms with van der Waals surface area (Å²) in [7, 11) is 2.77. The molecule has 0 unspecified atom stereocenters. The molecule has 0 atom stereocenters. The van der Waals surface area contributed by atoms with Gasteiger partial charge in [0, 0.05) is 12.6 Å². The molecule has 0 heterocycles. The fourth-order valence-electron chi connectivity index (χ4n) is 2.56. The van der Waals surface area contributed by atoms with Crippen molar-refractivity contribution in [2.75, 3.05) is 26.1 Å². The van der Waals surface area contributed by atoms with Crippen molar-refractivity contribution in [2.24, 2.45) is 5.92 Å². The SMILES string of the molecule is CO/C=C(/C(=O)OC)c1ccccc1COc1ccc(NCC(C)C)c(F)c1. The maximum Gasteiger partial charge on any atom is 0.341 e. The molecule has 0 radical (unpaired) electrons. The highest BCUT2D eigenvalue weighted by Crippen LogP contribution is 2.25. The molecule has 0 saturated heterocycles. The van der Waals surface area contributed by atoms with Crippen molar-refractivity contribution in [1.29, 1.82) is 0 Å². The van der Waals surface area contributed by atoms with Crippen LogP contribution in [0.3, 0.4) is 0 Å². The Hall–Kier alpha value is -3.02. The molecular formula is C22H26FNO4. The van der Waals surface area contributed by atoms with Crippen molar-refractivity contribution < 1.29 is 23.4 Å². The van der Waals surface area contributed by atoms with Gasteiger partial charge in [-0.1, -0.05) is 38.1 Å². The maximum absolute atomic E-state index is 14.3. The second-order valence-electron chi connectivity index (χ2n) is 6.62. The van der Waals surface area contributed by atoms with Gasteiger partial charge in [0.05, 0.1) is 26.2 Å². The monoisotopic (exact) mass is 387 g/mol. The van der Waals surface area contributed by atoms with Gasteiger partial charge in [0.15, 0.2) is 0 Å². The van der Waals surface area contributed by atoms with Gasteiger partial charge in [-0.25, -0.2) is 9.18 Å². The minimum Gasteiger partial charge on any atom is -0.503 e. The Labute approximate surface area is 165 Å². The lowest BCUT2D eigenvalue weighted by atomic mass is 10.0. The van der Waals surface area contributed by atoms with E-state index < -0.39 is 5.97 Å². The highest BCUT2D eigenvalue weighted by atomic mass is 19.1. The highest BCUT2D eigenvalue weighted by Gasteiger charge is 2.17. The predicted molar refractivity (Wildman–Crippen MR) is 108 cm³/mol. The van der Waals surface area contributed by atoms with Crippen LogP contribution < -0.4 is 10.1 Å². The van der Waals surface area contributed by atoms with E-state index in [-0.39, 0.29) is 18.0 Å². The van der Waals surface area contributed by atoms with Gasteiger partial charge in [-0.05, 0) is 29.2 Å². The molecule has 0 fully saturated rings. The molecule has 0 aliphatic carbocycles. The zero-order chi connectivity index (χ0) is 20.5. The summed E-state index contributed by atoms with van der Waals surface area (Å²) in [4.78, 5) is 12.1. The number of rotatable bonds is 9. The number of hydrogen-bond acceptors (Lipinski definition) is 5. The zero-order valence-electron chi connectivity index (χ0n) is 16.6. The third kappa shape index (κ3) is 5.74. The Bertz CT molecular complexity index is 833. The topological polar surface area (TPSA) is 56.8 Å². The van der Waals surface area contributed by atoms with Gasteiger partial charge in [-0.3, -0.25) is 0 Å². The summed E-state index contributed by atoms with van der Waals surface area (Å²) < 4.78 is 29.8. The van der Waals surface area contributed by atoms with Gasteiger partial charge >= 0.3 is 5.97 Å². The van der Waals surface area contributed by atoms with Crippen molar-refractivity contribution in [3.05, 3.63) is 65.7 Å². The Morgan fingerprint density at radius 2 is 1.93 bits per heavy atom. The first-order valence-electron chi connectivity index (χ1n) is 9.02. The first kappa shape index (κ1) is 21.3. The number of halogens is 1. The number of ether oxygens (including phenoxy) is 3. The van der Waals surface area contributed by atoms with E-state index in [2.05, 4.69) is 19.2 Å². The van der Waals surface area contributed by atoms with E-state index in [4.69, 9.17) is 14.2 Å². The van der Waals surface area contributed by atoms with Crippen LogP contribution in [-0.4, -0.2) is 26.7 Å². The van der Waals surface area contributed by atoms with Gasteiger partial charge in [0.25, 0.3) is 0 Å². The van der Waals surface area contributed by atoms with E-state index in [1.165, 1.54) is 26.5 Å². The molecule has 0 spiro atoms. The summed E-state index contributed by atoms with van der Waals surface area (Å²) in [5.41, 5.74) is 2.10. The van der Waals surface area contributed by atoms with E-state index >= 15 is 0 Å². The fraction of sp³-hybridized carbons (Fsp3) is 0.318. The van der Waals surface area contributed by atoms with Crippen LogP contribution in [0.2, 0.25) is 0 Å². The second-order valence-corrected chi connectivity index (χ2v) is 6.62. The Kier molecular flexibility index (Phi) is 7.87. The van der Waals surface area contributed by atoms with E-state index in [0.717, 1.165) is 5.56 Å². The molecule has 0 aliphatic rings. The lowest BCUT2D eigenvalue weighted by Crippen LogP contribution is -2.09. The molecule has 0 saturated carbocycles. The second kappa shape index (κ2) is 10.3. The highest BCUT2D eigenvalue weighted by molar-refractivity contribution is 6.16. The number of hydrogen-bond donors (Lipinski definition) is 1. The lowest BCUT2D eigenvalue weighted by molar-refractivity contribution is -0.133. The van der Waals surface area contributed by atoms with Crippen LogP contribution in [0.25, 0.3) is 5.57 Å². The average Bonchev–Trinajstić information content (AvgIpc) is 2.69. The average molecular weight is 387 g/mol. The number of nitrogens with one attached hydrogen (secondary N) is 1. The molecule has 0 aliphatic heterocycles.